The first-order chi connectivity index (χ1) is 15.9. The van der Waals surface area contributed by atoms with Gasteiger partial charge in [0, 0.05) is 48.1 Å². The molecule has 0 fully saturated rings. The number of allylic oxidation sites excluding steroid dienone is 1. The molecular formula is C24H25N9. The second-order valence-corrected chi connectivity index (χ2v) is 7.80. The van der Waals surface area contributed by atoms with Crippen molar-refractivity contribution in [1.29, 1.82) is 0 Å². The largest absolute Gasteiger partial charge is 0.398 e. The minimum atomic E-state index is 0.351. The summed E-state index contributed by atoms with van der Waals surface area (Å²) >= 11 is 0. The number of hydrogen-bond donors (Lipinski definition) is 3. The van der Waals surface area contributed by atoms with Gasteiger partial charge in [-0.3, -0.25) is 9.98 Å². The van der Waals surface area contributed by atoms with E-state index in [4.69, 9.17) is 16.5 Å². The normalized spacial score (nSPS) is 12.4. The maximum Gasteiger partial charge on any atom is 0.154 e. The monoisotopic (exact) mass is 439 g/mol. The molecule has 0 spiro atoms. The van der Waals surface area contributed by atoms with Crippen molar-refractivity contribution < 1.29 is 0 Å². The molecule has 0 amide bonds. The van der Waals surface area contributed by atoms with E-state index in [1.165, 1.54) is 0 Å². The van der Waals surface area contributed by atoms with Crippen molar-refractivity contribution in [3.63, 3.8) is 0 Å². The first-order valence-corrected chi connectivity index (χ1v) is 10.4. The number of aromatic nitrogens is 5. The van der Waals surface area contributed by atoms with Crippen LogP contribution in [0.25, 0.3) is 22.3 Å². The molecule has 0 saturated carbocycles. The summed E-state index contributed by atoms with van der Waals surface area (Å²) < 4.78 is 0. The highest BCUT2D eigenvalue weighted by molar-refractivity contribution is 6.19. The second-order valence-electron chi connectivity index (χ2n) is 7.80. The Morgan fingerprint density at radius 1 is 1.00 bits per heavy atom. The molecule has 9 nitrogen and oxygen atoms in total. The molecule has 166 valence electrons. The van der Waals surface area contributed by atoms with Crippen molar-refractivity contribution in [2.24, 2.45) is 10.7 Å². The van der Waals surface area contributed by atoms with Gasteiger partial charge in [-0.15, -0.1) is 5.10 Å². The van der Waals surface area contributed by atoms with E-state index in [0.29, 0.717) is 40.2 Å². The van der Waals surface area contributed by atoms with Gasteiger partial charge in [0.1, 0.15) is 11.6 Å². The molecule has 4 aromatic rings. The first kappa shape index (κ1) is 21.8. The van der Waals surface area contributed by atoms with Gasteiger partial charge in [-0.2, -0.15) is 5.10 Å². The van der Waals surface area contributed by atoms with E-state index in [-0.39, 0.29) is 0 Å². The third kappa shape index (κ3) is 4.93. The smallest absolute Gasteiger partial charge is 0.154 e. The van der Waals surface area contributed by atoms with Crippen LogP contribution in [0, 0.1) is 0 Å². The van der Waals surface area contributed by atoms with E-state index >= 15 is 0 Å². The average molecular weight is 440 g/mol. The Morgan fingerprint density at radius 2 is 1.85 bits per heavy atom. The van der Waals surface area contributed by atoms with Gasteiger partial charge < -0.3 is 16.8 Å². The second kappa shape index (κ2) is 9.39. The Hall–Kier alpha value is -4.40. The third-order valence-corrected chi connectivity index (χ3v) is 5.09. The first-order valence-electron chi connectivity index (χ1n) is 10.4. The Morgan fingerprint density at radius 3 is 2.61 bits per heavy atom. The molecule has 0 saturated heterocycles. The predicted octanol–water partition coefficient (Wildman–Crippen LogP) is 3.79. The standard InChI is InChI=1S/C24H25N9/c1-14(2)16-10-23(33-30-12-16)32-22-5-4-19-20(31-22)8-17(11-29-19)18(13-27-3)24(26)15-6-7-28-21(25)9-15/h4-14H,26H2,1-3H3,(H2,25,28)(H,31,32,33). The summed E-state index contributed by atoms with van der Waals surface area (Å²) in [6.45, 7) is 4.22. The van der Waals surface area contributed by atoms with Crippen LogP contribution >= 0.6 is 0 Å². The molecule has 0 aliphatic heterocycles. The van der Waals surface area contributed by atoms with Crippen LogP contribution in [0.1, 0.15) is 36.5 Å². The zero-order valence-corrected chi connectivity index (χ0v) is 18.7. The number of aliphatic imine (C=N–C) groups is 1. The summed E-state index contributed by atoms with van der Waals surface area (Å²) in [5.74, 6) is 2.02. The summed E-state index contributed by atoms with van der Waals surface area (Å²) in [5, 5.41) is 11.5. The van der Waals surface area contributed by atoms with Crippen molar-refractivity contribution in [3.8, 4) is 0 Å². The summed E-state index contributed by atoms with van der Waals surface area (Å²) in [7, 11) is 1.69. The molecular weight excluding hydrogens is 414 g/mol. The fraction of sp³-hybridized carbons (Fsp3) is 0.167. The van der Waals surface area contributed by atoms with Gasteiger partial charge in [0.15, 0.2) is 5.82 Å². The molecule has 4 rings (SSSR count). The minimum absolute atomic E-state index is 0.351. The Balaban J connectivity index is 1.73. The lowest BCUT2D eigenvalue weighted by Crippen LogP contribution is -2.05. The van der Waals surface area contributed by atoms with Gasteiger partial charge in [-0.05, 0) is 47.9 Å². The summed E-state index contributed by atoms with van der Waals surface area (Å²) in [6, 6.07) is 11.2. The molecule has 0 atom stereocenters. The number of pyridine rings is 3. The molecule has 33 heavy (non-hydrogen) atoms. The summed E-state index contributed by atoms with van der Waals surface area (Å²) in [4.78, 5) is 17.5. The van der Waals surface area contributed by atoms with Gasteiger partial charge in [0.25, 0.3) is 0 Å². The van der Waals surface area contributed by atoms with E-state index < -0.39 is 0 Å². The van der Waals surface area contributed by atoms with Crippen molar-refractivity contribution in [2.45, 2.75) is 19.8 Å². The molecule has 0 bridgehead atoms. The zero-order valence-electron chi connectivity index (χ0n) is 18.7. The number of nitrogen functional groups attached to an aromatic ring is 1. The number of anilines is 3. The lowest BCUT2D eigenvalue weighted by molar-refractivity contribution is 0.843. The number of fused-ring (bicyclic) bond motifs is 1. The molecule has 4 aromatic heterocycles. The maximum absolute atomic E-state index is 6.47. The molecule has 0 aliphatic rings. The van der Waals surface area contributed by atoms with Crippen LogP contribution in [-0.2, 0) is 0 Å². The topological polar surface area (TPSA) is 141 Å². The van der Waals surface area contributed by atoms with Crippen LogP contribution in [0.15, 0.2) is 60.0 Å². The molecule has 4 heterocycles. The Bertz CT molecular complexity index is 1360. The minimum Gasteiger partial charge on any atom is -0.398 e. The number of hydrogen-bond acceptors (Lipinski definition) is 9. The molecule has 9 heteroatoms. The van der Waals surface area contributed by atoms with Crippen molar-refractivity contribution in [2.75, 3.05) is 18.1 Å². The summed E-state index contributed by atoms with van der Waals surface area (Å²) in [5.41, 5.74) is 17.6. The van der Waals surface area contributed by atoms with Crippen LogP contribution in [-0.4, -0.2) is 38.4 Å². The number of rotatable bonds is 6. The number of nitrogens with one attached hydrogen (secondary N) is 1. The molecule has 0 radical (unpaired) electrons. The number of nitrogens with two attached hydrogens (primary N) is 2. The Kier molecular flexibility index (Phi) is 6.21. The van der Waals surface area contributed by atoms with Gasteiger partial charge >= 0.3 is 0 Å². The SMILES string of the molecule is CN=CC(=C(N)c1ccnc(N)c1)c1cnc2ccc(Nc3cc(C(C)C)cnn3)nc2c1. The van der Waals surface area contributed by atoms with Crippen molar-refractivity contribution >= 4 is 46.0 Å². The van der Waals surface area contributed by atoms with Crippen molar-refractivity contribution in [3.05, 3.63) is 71.7 Å². The van der Waals surface area contributed by atoms with Crippen molar-refractivity contribution in [1.82, 2.24) is 25.1 Å². The van der Waals surface area contributed by atoms with E-state index in [2.05, 4.69) is 44.3 Å². The Labute approximate surface area is 191 Å². The van der Waals surface area contributed by atoms with Crippen LogP contribution in [0.2, 0.25) is 0 Å². The fourth-order valence-electron chi connectivity index (χ4n) is 3.31. The highest BCUT2D eigenvalue weighted by atomic mass is 15.2. The summed E-state index contributed by atoms with van der Waals surface area (Å²) in [6.07, 6.45) is 6.84. The van der Waals surface area contributed by atoms with Gasteiger partial charge in [0.2, 0.25) is 0 Å². The van der Waals surface area contributed by atoms with E-state index in [1.807, 2.05) is 24.3 Å². The van der Waals surface area contributed by atoms with E-state index in [9.17, 15) is 0 Å². The molecule has 0 aliphatic carbocycles. The quantitative estimate of drug-likeness (QED) is 0.385. The van der Waals surface area contributed by atoms with Gasteiger partial charge in [-0.25, -0.2) is 9.97 Å². The van der Waals surface area contributed by atoms with E-state index in [0.717, 1.165) is 22.2 Å². The lowest BCUT2D eigenvalue weighted by atomic mass is 10.0. The number of nitrogens with zero attached hydrogens (tertiary/aromatic N) is 6. The van der Waals surface area contributed by atoms with Crippen LogP contribution in [0.4, 0.5) is 17.5 Å². The molecule has 0 unspecified atom stereocenters. The third-order valence-electron chi connectivity index (χ3n) is 5.09. The molecule has 5 N–H and O–H groups in total. The highest BCUT2D eigenvalue weighted by Gasteiger charge is 2.11. The maximum atomic E-state index is 6.47. The lowest BCUT2D eigenvalue weighted by Gasteiger charge is -2.11. The van der Waals surface area contributed by atoms with Gasteiger partial charge in [-0.1, -0.05) is 13.8 Å². The van der Waals surface area contributed by atoms with Crippen LogP contribution < -0.4 is 16.8 Å². The van der Waals surface area contributed by atoms with Gasteiger partial charge in [0.05, 0.1) is 17.2 Å². The molecule has 0 aromatic carbocycles. The van der Waals surface area contributed by atoms with E-state index in [1.54, 1.807) is 44.0 Å². The van der Waals surface area contributed by atoms with Crippen LogP contribution in [0.5, 0.6) is 0 Å². The predicted molar refractivity (Wildman–Crippen MR) is 133 cm³/mol. The highest BCUT2D eigenvalue weighted by Crippen LogP contribution is 2.25. The average Bonchev–Trinajstić information content (AvgIpc) is 2.82. The van der Waals surface area contributed by atoms with Crippen LogP contribution in [0.3, 0.4) is 0 Å². The fourth-order valence-corrected chi connectivity index (χ4v) is 3.31. The zero-order chi connectivity index (χ0) is 23.4.